The zero-order valence-corrected chi connectivity index (χ0v) is 19.4. The Balaban J connectivity index is 1.55. The number of carbonyl (C=O) groups is 1. The fourth-order valence-electron chi connectivity index (χ4n) is 3.85. The second-order valence-corrected chi connectivity index (χ2v) is 8.08. The minimum absolute atomic E-state index is 0.321. The lowest BCUT2D eigenvalue weighted by Crippen LogP contribution is -2.33. The summed E-state index contributed by atoms with van der Waals surface area (Å²) in [5.74, 6) is 0.0588. The van der Waals surface area contributed by atoms with Crippen LogP contribution in [0.15, 0.2) is 72.9 Å². The van der Waals surface area contributed by atoms with E-state index >= 15 is 0 Å². The van der Waals surface area contributed by atoms with E-state index in [0.29, 0.717) is 56.1 Å². The summed E-state index contributed by atoms with van der Waals surface area (Å²) in [5, 5.41) is 16.5. The molecule has 36 heavy (non-hydrogen) atoms. The van der Waals surface area contributed by atoms with Crippen LogP contribution in [0.25, 0.3) is 22.5 Å². The normalized spacial score (nSPS) is 10.6. The number of amides is 1. The number of nitrogens with one attached hydrogen (secondary N) is 1. The van der Waals surface area contributed by atoms with Crippen molar-refractivity contribution >= 4 is 12.2 Å². The van der Waals surface area contributed by atoms with Gasteiger partial charge in [0, 0.05) is 43.5 Å². The molecule has 0 aliphatic carbocycles. The van der Waals surface area contributed by atoms with Crippen molar-refractivity contribution in [2.45, 2.75) is 13.0 Å². The Bertz CT molecular complexity index is 1330. The smallest absolute Gasteiger partial charge is 0.207 e. The highest BCUT2D eigenvalue weighted by atomic mass is 19.1. The summed E-state index contributed by atoms with van der Waals surface area (Å²) in [6.45, 7) is 2.17. The number of aromatic nitrogens is 3. The maximum Gasteiger partial charge on any atom is 0.207 e. The Morgan fingerprint density at radius 1 is 0.972 bits per heavy atom. The van der Waals surface area contributed by atoms with E-state index in [0.717, 1.165) is 16.8 Å². The first-order valence-corrected chi connectivity index (χ1v) is 11.5. The third-order valence-corrected chi connectivity index (χ3v) is 5.67. The van der Waals surface area contributed by atoms with Gasteiger partial charge in [0.15, 0.2) is 0 Å². The molecule has 0 fully saturated rings. The summed E-state index contributed by atoms with van der Waals surface area (Å²) in [6, 6.07) is 19.8. The Morgan fingerprint density at radius 2 is 1.67 bits per heavy atom. The molecule has 1 N–H and O–H groups in total. The van der Waals surface area contributed by atoms with E-state index in [1.165, 1.54) is 30.5 Å². The molecule has 182 valence electrons. The quantitative estimate of drug-likeness (QED) is 0.251. The molecule has 0 bridgehead atoms. The number of pyridine rings is 1. The number of rotatable bonds is 11. The SMILES string of the molecule is N#Cc1ccc(N(CCCn2nc(-c3ccc(F)cc3)cc2-c2ccc(F)cc2)CCNC=O)nc1. The second-order valence-electron chi connectivity index (χ2n) is 8.08. The Morgan fingerprint density at radius 3 is 2.28 bits per heavy atom. The average molecular weight is 487 g/mol. The largest absolute Gasteiger partial charge is 0.357 e. The molecule has 9 heteroatoms. The number of nitriles is 1. The topological polar surface area (TPSA) is 86.8 Å². The van der Waals surface area contributed by atoms with Gasteiger partial charge in [-0.1, -0.05) is 0 Å². The van der Waals surface area contributed by atoms with Crippen molar-refractivity contribution in [3.05, 3.63) is 90.1 Å². The van der Waals surface area contributed by atoms with Gasteiger partial charge < -0.3 is 10.2 Å². The molecule has 2 aromatic heterocycles. The molecule has 0 aliphatic rings. The fraction of sp³-hybridized carbons (Fsp3) is 0.185. The zero-order chi connectivity index (χ0) is 25.3. The zero-order valence-electron chi connectivity index (χ0n) is 19.4. The third-order valence-electron chi connectivity index (χ3n) is 5.67. The van der Waals surface area contributed by atoms with Crippen molar-refractivity contribution in [3.8, 4) is 28.6 Å². The molecule has 1 amide bonds. The van der Waals surface area contributed by atoms with Crippen molar-refractivity contribution in [1.29, 1.82) is 5.26 Å². The van der Waals surface area contributed by atoms with Gasteiger partial charge in [0.25, 0.3) is 0 Å². The van der Waals surface area contributed by atoms with Crippen LogP contribution in [0.5, 0.6) is 0 Å². The molecule has 7 nitrogen and oxygen atoms in total. The molecule has 2 heterocycles. The molecule has 0 atom stereocenters. The van der Waals surface area contributed by atoms with Crippen molar-refractivity contribution < 1.29 is 13.6 Å². The number of anilines is 1. The molecule has 4 rings (SSSR count). The second kappa shape index (κ2) is 11.7. The van der Waals surface area contributed by atoms with Gasteiger partial charge in [-0.2, -0.15) is 10.4 Å². The number of benzene rings is 2. The van der Waals surface area contributed by atoms with Gasteiger partial charge in [-0.05, 0) is 73.2 Å². The van der Waals surface area contributed by atoms with E-state index in [9.17, 15) is 13.6 Å². The number of nitrogens with zero attached hydrogens (tertiary/aromatic N) is 5. The Hall–Kier alpha value is -4.58. The maximum atomic E-state index is 13.5. The van der Waals surface area contributed by atoms with Crippen LogP contribution in [-0.4, -0.2) is 40.8 Å². The lowest BCUT2D eigenvalue weighted by molar-refractivity contribution is -0.109. The molecular weight excluding hydrogens is 462 g/mol. The van der Waals surface area contributed by atoms with Gasteiger partial charge in [0.2, 0.25) is 6.41 Å². The van der Waals surface area contributed by atoms with Gasteiger partial charge in [-0.15, -0.1) is 0 Å². The average Bonchev–Trinajstić information content (AvgIpc) is 3.33. The van der Waals surface area contributed by atoms with Crippen LogP contribution >= 0.6 is 0 Å². The van der Waals surface area contributed by atoms with E-state index in [1.807, 2.05) is 15.6 Å². The summed E-state index contributed by atoms with van der Waals surface area (Å²) >= 11 is 0. The van der Waals surface area contributed by atoms with Crippen LogP contribution in [0, 0.1) is 23.0 Å². The predicted octanol–water partition coefficient (Wildman–Crippen LogP) is 4.40. The first kappa shape index (κ1) is 24.5. The van der Waals surface area contributed by atoms with Gasteiger partial charge in [-0.25, -0.2) is 13.8 Å². The first-order valence-electron chi connectivity index (χ1n) is 11.5. The van der Waals surface area contributed by atoms with E-state index < -0.39 is 0 Å². The molecule has 4 aromatic rings. The van der Waals surface area contributed by atoms with Gasteiger partial charge in [-0.3, -0.25) is 9.48 Å². The molecule has 0 unspecified atom stereocenters. The van der Waals surface area contributed by atoms with Crippen LogP contribution in [0.1, 0.15) is 12.0 Å². The molecule has 0 saturated carbocycles. The summed E-state index contributed by atoms with van der Waals surface area (Å²) in [4.78, 5) is 17.1. The van der Waals surface area contributed by atoms with Crippen molar-refractivity contribution in [3.63, 3.8) is 0 Å². The molecule has 0 spiro atoms. The Kier molecular flexibility index (Phi) is 7.98. The molecule has 0 saturated heterocycles. The van der Waals surface area contributed by atoms with Crippen molar-refractivity contribution in [2.75, 3.05) is 24.5 Å². The van der Waals surface area contributed by atoms with E-state index in [4.69, 9.17) is 10.4 Å². The van der Waals surface area contributed by atoms with E-state index in [2.05, 4.69) is 16.4 Å². The monoisotopic (exact) mass is 486 g/mol. The number of aryl methyl sites for hydroxylation is 1. The van der Waals surface area contributed by atoms with E-state index in [1.54, 1.807) is 36.4 Å². The van der Waals surface area contributed by atoms with Gasteiger partial charge in [0.1, 0.15) is 23.5 Å². The van der Waals surface area contributed by atoms with Crippen LogP contribution < -0.4 is 10.2 Å². The highest BCUT2D eigenvalue weighted by Gasteiger charge is 2.14. The highest BCUT2D eigenvalue weighted by Crippen LogP contribution is 2.27. The van der Waals surface area contributed by atoms with Crippen LogP contribution in [0.3, 0.4) is 0 Å². The summed E-state index contributed by atoms with van der Waals surface area (Å²) in [7, 11) is 0. The third kappa shape index (κ3) is 6.10. The van der Waals surface area contributed by atoms with Gasteiger partial charge in [0.05, 0.1) is 17.0 Å². The first-order chi connectivity index (χ1) is 17.6. The Labute approximate surface area is 207 Å². The highest BCUT2D eigenvalue weighted by molar-refractivity contribution is 5.68. The number of carbonyl (C=O) groups excluding carboxylic acids is 1. The summed E-state index contributed by atoms with van der Waals surface area (Å²) in [6.07, 6.45) is 2.87. The van der Waals surface area contributed by atoms with Crippen molar-refractivity contribution in [1.82, 2.24) is 20.1 Å². The molecule has 0 radical (unpaired) electrons. The standard InChI is InChI=1S/C27H24F2N6O/c28-23-7-3-21(4-8-23)25-16-26(22-5-9-24(29)10-6-22)35(33-25)14-1-13-34(15-12-31-19-36)27-11-2-20(17-30)18-32-27/h2-11,16,18-19H,1,12-15H2,(H,31,36). The minimum atomic E-state index is -0.322. The predicted molar refractivity (Wildman–Crippen MR) is 133 cm³/mol. The number of hydrogen-bond acceptors (Lipinski definition) is 5. The fourth-order valence-corrected chi connectivity index (χ4v) is 3.85. The van der Waals surface area contributed by atoms with E-state index in [-0.39, 0.29) is 11.6 Å². The summed E-state index contributed by atoms with van der Waals surface area (Å²) in [5.41, 5.74) is 3.58. The van der Waals surface area contributed by atoms with Crippen LogP contribution in [-0.2, 0) is 11.3 Å². The van der Waals surface area contributed by atoms with Crippen LogP contribution in [0.2, 0.25) is 0 Å². The molecule has 0 aliphatic heterocycles. The van der Waals surface area contributed by atoms with Crippen LogP contribution in [0.4, 0.5) is 14.6 Å². The minimum Gasteiger partial charge on any atom is -0.357 e. The molecular formula is C27H24F2N6O. The lowest BCUT2D eigenvalue weighted by atomic mass is 10.1. The lowest BCUT2D eigenvalue weighted by Gasteiger charge is -2.23. The summed E-state index contributed by atoms with van der Waals surface area (Å²) < 4.78 is 28.8. The molecule has 2 aromatic carbocycles. The van der Waals surface area contributed by atoms with Gasteiger partial charge >= 0.3 is 0 Å². The number of halogens is 2. The maximum absolute atomic E-state index is 13.5. The number of hydrogen-bond donors (Lipinski definition) is 1. The van der Waals surface area contributed by atoms with Crippen molar-refractivity contribution in [2.24, 2.45) is 0 Å².